The molecule has 0 saturated heterocycles. The van der Waals surface area contributed by atoms with Crippen LogP contribution in [0.5, 0.6) is 0 Å². The summed E-state index contributed by atoms with van der Waals surface area (Å²) in [4.78, 5) is 5.97. The maximum atomic E-state index is 13.3. The first-order valence-electron chi connectivity index (χ1n) is 5.26. The van der Waals surface area contributed by atoms with Crippen LogP contribution in [0.3, 0.4) is 0 Å². The average Bonchev–Trinajstić information content (AvgIpc) is 2.26. The van der Waals surface area contributed by atoms with E-state index >= 15 is 0 Å². The predicted molar refractivity (Wildman–Crippen MR) is 65.2 cm³/mol. The van der Waals surface area contributed by atoms with Crippen LogP contribution < -0.4 is 5.32 Å². The van der Waals surface area contributed by atoms with Gasteiger partial charge in [0, 0.05) is 27.7 Å². The van der Waals surface area contributed by atoms with Gasteiger partial charge in [-0.1, -0.05) is 18.2 Å². The summed E-state index contributed by atoms with van der Waals surface area (Å²) in [7, 11) is 5.56. The van der Waals surface area contributed by atoms with Crippen LogP contribution in [0.25, 0.3) is 0 Å². The number of nitrogens with one attached hydrogen (secondary N) is 1. The van der Waals surface area contributed by atoms with E-state index in [-0.39, 0.29) is 5.82 Å². The number of aliphatic imine (C=N–C) groups is 1. The minimum Gasteiger partial charge on any atom is -0.356 e. The molecule has 4 heteroatoms. The van der Waals surface area contributed by atoms with E-state index < -0.39 is 0 Å². The fourth-order valence-electron chi connectivity index (χ4n) is 1.45. The lowest BCUT2D eigenvalue weighted by Gasteiger charge is -2.16. The molecule has 0 unspecified atom stereocenters. The van der Waals surface area contributed by atoms with Gasteiger partial charge in [0.15, 0.2) is 5.96 Å². The molecule has 0 atom stereocenters. The van der Waals surface area contributed by atoms with E-state index in [4.69, 9.17) is 0 Å². The molecule has 0 aromatic heterocycles. The molecule has 1 rings (SSSR count). The van der Waals surface area contributed by atoms with E-state index in [9.17, 15) is 4.39 Å². The Morgan fingerprint density at radius 2 is 2.06 bits per heavy atom. The summed E-state index contributed by atoms with van der Waals surface area (Å²) < 4.78 is 13.3. The zero-order chi connectivity index (χ0) is 12.0. The number of benzene rings is 1. The van der Waals surface area contributed by atoms with E-state index in [0.717, 1.165) is 11.5 Å². The van der Waals surface area contributed by atoms with Gasteiger partial charge < -0.3 is 10.2 Å². The predicted octanol–water partition coefficient (Wildman–Crippen LogP) is 1.51. The first-order chi connectivity index (χ1) is 7.65. The Balaban J connectivity index is 2.45. The van der Waals surface area contributed by atoms with Crippen molar-refractivity contribution in [3.63, 3.8) is 0 Å². The molecular weight excluding hydrogens is 205 g/mol. The van der Waals surface area contributed by atoms with Crippen LogP contribution >= 0.6 is 0 Å². The largest absolute Gasteiger partial charge is 0.356 e. The standard InChI is InChI=1S/C12H18FN3/c1-14-12(16(2)3)15-9-8-10-6-4-5-7-11(10)13/h4-7H,8-9H2,1-3H3,(H,14,15). The lowest BCUT2D eigenvalue weighted by atomic mass is 10.1. The lowest BCUT2D eigenvalue weighted by molar-refractivity contribution is 0.576. The van der Waals surface area contributed by atoms with Crippen LogP contribution in [0.4, 0.5) is 4.39 Å². The summed E-state index contributed by atoms with van der Waals surface area (Å²) in [6.45, 7) is 0.672. The van der Waals surface area contributed by atoms with Crippen LogP contribution in [0.2, 0.25) is 0 Å². The Labute approximate surface area is 96.0 Å². The van der Waals surface area contributed by atoms with Gasteiger partial charge in [-0.25, -0.2) is 4.39 Å². The van der Waals surface area contributed by atoms with Gasteiger partial charge in [-0.2, -0.15) is 0 Å². The molecule has 0 aliphatic carbocycles. The van der Waals surface area contributed by atoms with Crippen molar-refractivity contribution in [3.05, 3.63) is 35.6 Å². The van der Waals surface area contributed by atoms with Crippen LogP contribution in [0.1, 0.15) is 5.56 Å². The smallest absolute Gasteiger partial charge is 0.193 e. The molecule has 0 aliphatic heterocycles. The third-order valence-electron chi connectivity index (χ3n) is 2.27. The molecule has 0 amide bonds. The maximum absolute atomic E-state index is 13.3. The van der Waals surface area contributed by atoms with Crippen molar-refractivity contribution in [2.24, 2.45) is 4.99 Å². The molecule has 0 bridgehead atoms. The second kappa shape index (κ2) is 6.10. The van der Waals surface area contributed by atoms with Gasteiger partial charge in [-0.3, -0.25) is 4.99 Å². The number of hydrogen-bond donors (Lipinski definition) is 1. The van der Waals surface area contributed by atoms with Crippen LogP contribution in [-0.2, 0) is 6.42 Å². The molecule has 0 aliphatic rings. The van der Waals surface area contributed by atoms with Gasteiger partial charge in [-0.05, 0) is 18.1 Å². The Bertz CT molecular complexity index is 361. The third-order valence-corrected chi connectivity index (χ3v) is 2.27. The highest BCUT2D eigenvalue weighted by Gasteiger charge is 2.02. The van der Waals surface area contributed by atoms with Gasteiger partial charge in [0.2, 0.25) is 0 Å². The van der Waals surface area contributed by atoms with E-state index in [0.29, 0.717) is 13.0 Å². The molecule has 0 heterocycles. The maximum Gasteiger partial charge on any atom is 0.193 e. The first kappa shape index (κ1) is 12.5. The van der Waals surface area contributed by atoms with E-state index in [1.165, 1.54) is 6.07 Å². The monoisotopic (exact) mass is 223 g/mol. The Kier molecular flexibility index (Phi) is 4.76. The van der Waals surface area contributed by atoms with Crippen LogP contribution in [0.15, 0.2) is 29.3 Å². The van der Waals surface area contributed by atoms with Gasteiger partial charge in [0.1, 0.15) is 5.82 Å². The van der Waals surface area contributed by atoms with Crippen molar-refractivity contribution < 1.29 is 4.39 Å². The van der Waals surface area contributed by atoms with Crippen LogP contribution in [0, 0.1) is 5.82 Å². The van der Waals surface area contributed by atoms with E-state index in [1.54, 1.807) is 19.2 Å². The number of halogens is 1. The quantitative estimate of drug-likeness (QED) is 0.621. The van der Waals surface area contributed by atoms with Gasteiger partial charge >= 0.3 is 0 Å². The fraction of sp³-hybridized carbons (Fsp3) is 0.417. The van der Waals surface area contributed by atoms with Crippen molar-refractivity contribution in [1.29, 1.82) is 0 Å². The number of guanidine groups is 1. The molecule has 0 radical (unpaired) electrons. The lowest BCUT2D eigenvalue weighted by Crippen LogP contribution is -2.37. The summed E-state index contributed by atoms with van der Waals surface area (Å²) >= 11 is 0. The normalized spacial score (nSPS) is 11.4. The van der Waals surface area contributed by atoms with Crippen molar-refractivity contribution in [2.75, 3.05) is 27.7 Å². The van der Waals surface area contributed by atoms with Crippen LogP contribution in [-0.4, -0.2) is 38.5 Å². The molecule has 0 spiro atoms. The Hall–Kier alpha value is -1.58. The topological polar surface area (TPSA) is 27.6 Å². The van der Waals surface area contributed by atoms with Crippen molar-refractivity contribution >= 4 is 5.96 Å². The molecule has 1 aromatic rings. The van der Waals surface area contributed by atoms with Crippen molar-refractivity contribution in [1.82, 2.24) is 10.2 Å². The first-order valence-corrected chi connectivity index (χ1v) is 5.26. The molecule has 1 aromatic carbocycles. The van der Waals surface area contributed by atoms with E-state index in [2.05, 4.69) is 10.3 Å². The van der Waals surface area contributed by atoms with Gasteiger partial charge in [0.05, 0.1) is 0 Å². The van der Waals surface area contributed by atoms with Crippen molar-refractivity contribution in [3.8, 4) is 0 Å². The van der Waals surface area contributed by atoms with Gasteiger partial charge in [0.25, 0.3) is 0 Å². The third kappa shape index (κ3) is 3.53. The number of nitrogens with zero attached hydrogens (tertiary/aromatic N) is 2. The fourth-order valence-corrected chi connectivity index (χ4v) is 1.45. The number of rotatable bonds is 3. The van der Waals surface area contributed by atoms with E-state index in [1.807, 2.05) is 25.1 Å². The minimum absolute atomic E-state index is 0.149. The summed E-state index contributed by atoms with van der Waals surface area (Å²) in [6.07, 6.45) is 0.652. The Morgan fingerprint density at radius 1 is 1.38 bits per heavy atom. The van der Waals surface area contributed by atoms with Gasteiger partial charge in [-0.15, -0.1) is 0 Å². The molecule has 3 nitrogen and oxygen atoms in total. The second-order valence-corrected chi connectivity index (χ2v) is 3.71. The second-order valence-electron chi connectivity index (χ2n) is 3.71. The highest BCUT2D eigenvalue weighted by molar-refractivity contribution is 5.79. The number of hydrogen-bond acceptors (Lipinski definition) is 1. The molecule has 0 fully saturated rings. The molecule has 88 valence electrons. The molecule has 1 N–H and O–H groups in total. The highest BCUT2D eigenvalue weighted by atomic mass is 19.1. The SMILES string of the molecule is CN=C(NCCc1ccccc1F)N(C)C. The Morgan fingerprint density at radius 3 is 2.62 bits per heavy atom. The minimum atomic E-state index is -0.149. The molecular formula is C12H18FN3. The molecule has 16 heavy (non-hydrogen) atoms. The summed E-state index contributed by atoms with van der Waals surface area (Å²) in [6, 6.07) is 6.83. The summed E-state index contributed by atoms with van der Waals surface area (Å²) in [5.74, 6) is 0.653. The zero-order valence-corrected chi connectivity index (χ0v) is 10.00. The molecule has 0 saturated carbocycles. The highest BCUT2D eigenvalue weighted by Crippen LogP contribution is 2.06. The summed E-state index contributed by atoms with van der Waals surface area (Å²) in [5, 5.41) is 3.15. The zero-order valence-electron chi connectivity index (χ0n) is 10.00. The van der Waals surface area contributed by atoms with Crippen molar-refractivity contribution in [2.45, 2.75) is 6.42 Å². The summed E-state index contributed by atoms with van der Waals surface area (Å²) in [5.41, 5.74) is 0.726. The average molecular weight is 223 g/mol.